The SMILES string of the molecule is C#Cc1ccc2c3c([nH]c2c1F)CCN(C(=O)CO)C3. The number of carbonyl (C=O) groups excluding carboxylic acids is 1. The molecular weight excluding hydrogens is 259 g/mol. The molecule has 5 heteroatoms. The minimum atomic E-state index is -0.507. The van der Waals surface area contributed by atoms with Crippen molar-refractivity contribution in [2.75, 3.05) is 13.2 Å². The van der Waals surface area contributed by atoms with Gasteiger partial charge < -0.3 is 15.0 Å². The molecule has 1 amide bonds. The summed E-state index contributed by atoms with van der Waals surface area (Å²) in [5.41, 5.74) is 2.44. The minimum absolute atomic E-state index is 0.222. The maximum Gasteiger partial charge on any atom is 0.248 e. The first-order valence-corrected chi connectivity index (χ1v) is 6.33. The summed E-state index contributed by atoms with van der Waals surface area (Å²) >= 11 is 0. The summed E-state index contributed by atoms with van der Waals surface area (Å²) in [4.78, 5) is 16.2. The second kappa shape index (κ2) is 4.66. The Kier molecular flexibility index (Phi) is 2.96. The largest absolute Gasteiger partial charge is 0.387 e. The lowest BCUT2D eigenvalue weighted by Crippen LogP contribution is -2.37. The Balaban J connectivity index is 2.11. The van der Waals surface area contributed by atoms with E-state index in [9.17, 15) is 9.18 Å². The molecular formula is C15H13FN2O2. The third kappa shape index (κ3) is 1.77. The number of terminal acetylenes is 1. The molecule has 1 aromatic heterocycles. The van der Waals surface area contributed by atoms with E-state index in [2.05, 4.69) is 10.9 Å². The third-order valence-electron chi connectivity index (χ3n) is 3.73. The second-order valence-corrected chi connectivity index (χ2v) is 4.80. The quantitative estimate of drug-likeness (QED) is 0.766. The summed E-state index contributed by atoms with van der Waals surface area (Å²) in [6.45, 7) is 0.389. The Labute approximate surface area is 115 Å². The fourth-order valence-electron chi connectivity index (χ4n) is 2.67. The molecule has 0 saturated heterocycles. The highest BCUT2D eigenvalue weighted by Gasteiger charge is 2.24. The van der Waals surface area contributed by atoms with E-state index in [1.54, 1.807) is 17.0 Å². The molecule has 0 fully saturated rings. The molecule has 0 aliphatic carbocycles. The van der Waals surface area contributed by atoms with Crippen LogP contribution in [0.4, 0.5) is 4.39 Å². The number of hydrogen-bond donors (Lipinski definition) is 2. The number of amides is 1. The lowest BCUT2D eigenvalue weighted by atomic mass is 10.0. The maximum atomic E-state index is 14.2. The molecule has 2 N–H and O–H groups in total. The molecule has 20 heavy (non-hydrogen) atoms. The monoisotopic (exact) mass is 272 g/mol. The molecule has 0 atom stereocenters. The van der Waals surface area contributed by atoms with E-state index in [0.717, 1.165) is 16.6 Å². The van der Waals surface area contributed by atoms with E-state index in [-0.39, 0.29) is 11.5 Å². The number of nitrogens with one attached hydrogen (secondary N) is 1. The summed E-state index contributed by atoms with van der Waals surface area (Å²) in [7, 11) is 0. The zero-order valence-corrected chi connectivity index (χ0v) is 10.7. The Morgan fingerprint density at radius 3 is 3.05 bits per heavy atom. The van der Waals surface area contributed by atoms with Crippen LogP contribution < -0.4 is 0 Å². The van der Waals surface area contributed by atoms with Crippen LogP contribution in [-0.4, -0.2) is 34.0 Å². The van der Waals surface area contributed by atoms with Crippen LogP contribution in [0.5, 0.6) is 0 Å². The van der Waals surface area contributed by atoms with Crippen molar-refractivity contribution < 1.29 is 14.3 Å². The predicted octanol–water partition coefficient (Wildman–Crippen LogP) is 1.17. The fraction of sp³-hybridized carbons (Fsp3) is 0.267. The average Bonchev–Trinajstić information content (AvgIpc) is 2.85. The van der Waals surface area contributed by atoms with Crippen molar-refractivity contribution in [3.63, 3.8) is 0 Å². The van der Waals surface area contributed by atoms with Crippen LogP contribution in [0, 0.1) is 18.2 Å². The van der Waals surface area contributed by atoms with E-state index in [1.807, 2.05) is 0 Å². The normalized spacial score (nSPS) is 14.2. The van der Waals surface area contributed by atoms with E-state index >= 15 is 0 Å². The van der Waals surface area contributed by atoms with Crippen molar-refractivity contribution in [1.29, 1.82) is 0 Å². The molecule has 2 heterocycles. The van der Waals surface area contributed by atoms with Crippen molar-refractivity contribution in [1.82, 2.24) is 9.88 Å². The number of aliphatic hydroxyl groups is 1. The highest BCUT2D eigenvalue weighted by Crippen LogP contribution is 2.30. The first-order chi connectivity index (χ1) is 9.65. The Hall–Kier alpha value is -2.32. The number of carbonyl (C=O) groups is 1. The number of fused-ring (bicyclic) bond motifs is 3. The van der Waals surface area contributed by atoms with E-state index < -0.39 is 12.4 Å². The summed E-state index contributed by atoms with van der Waals surface area (Å²) < 4.78 is 14.2. The number of nitrogens with zero attached hydrogens (tertiary/aromatic N) is 1. The summed E-state index contributed by atoms with van der Waals surface area (Å²) in [5.74, 6) is 1.57. The smallest absolute Gasteiger partial charge is 0.248 e. The molecule has 0 unspecified atom stereocenters. The summed E-state index contributed by atoms with van der Waals surface area (Å²) in [5, 5.41) is 9.67. The Bertz CT molecular complexity index is 742. The molecule has 1 aliphatic rings. The van der Waals surface area contributed by atoms with Crippen molar-refractivity contribution in [2.45, 2.75) is 13.0 Å². The van der Waals surface area contributed by atoms with Crippen LogP contribution in [-0.2, 0) is 17.8 Å². The zero-order valence-electron chi connectivity index (χ0n) is 10.7. The molecule has 3 rings (SSSR count). The number of H-pyrrole nitrogens is 1. The van der Waals surface area contributed by atoms with Crippen LogP contribution in [0.2, 0.25) is 0 Å². The fourth-order valence-corrected chi connectivity index (χ4v) is 2.67. The standard InChI is InChI=1S/C15H13FN2O2/c1-2-9-3-4-10-11-7-18(13(20)8-19)6-5-12(11)17-15(10)14(9)16/h1,3-4,17,19H,5-8H2. The number of benzene rings is 1. The lowest BCUT2D eigenvalue weighted by Gasteiger charge is -2.26. The lowest BCUT2D eigenvalue weighted by molar-refractivity contribution is -0.135. The average molecular weight is 272 g/mol. The zero-order chi connectivity index (χ0) is 14.3. The van der Waals surface area contributed by atoms with Gasteiger partial charge in [0, 0.05) is 36.2 Å². The third-order valence-corrected chi connectivity index (χ3v) is 3.73. The van der Waals surface area contributed by atoms with Gasteiger partial charge in [0.2, 0.25) is 5.91 Å². The number of aromatic amines is 1. The molecule has 102 valence electrons. The van der Waals surface area contributed by atoms with Gasteiger partial charge in [0.05, 0.1) is 11.1 Å². The predicted molar refractivity (Wildman–Crippen MR) is 72.4 cm³/mol. The van der Waals surface area contributed by atoms with Gasteiger partial charge in [-0.15, -0.1) is 6.42 Å². The van der Waals surface area contributed by atoms with Crippen molar-refractivity contribution in [2.24, 2.45) is 0 Å². The number of aromatic nitrogens is 1. The minimum Gasteiger partial charge on any atom is -0.387 e. The number of aliphatic hydroxyl groups excluding tert-OH is 1. The van der Waals surface area contributed by atoms with Gasteiger partial charge in [-0.3, -0.25) is 4.79 Å². The molecule has 0 bridgehead atoms. The Morgan fingerprint density at radius 2 is 2.35 bits per heavy atom. The Morgan fingerprint density at radius 1 is 1.55 bits per heavy atom. The first-order valence-electron chi connectivity index (χ1n) is 6.33. The summed E-state index contributed by atoms with van der Waals surface area (Å²) in [6.07, 6.45) is 5.87. The van der Waals surface area contributed by atoms with Crippen LogP contribution in [0.1, 0.15) is 16.8 Å². The number of halogens is 1. The van der Waals surface area contributed by atoms with Crippen LogP contribution in [0.15, 0.2) is 12.1 Å². The molecule has 1 aromatic carbocycles. The highest BCUT2D eigenvalue weighted by atomic mass is 19.1. The van der Waals surface area contributed by atoms with Gasteiger partial charge in [0.15, 0.2) is 5.82 Å². The first kappa shape index (κ1) is 12.7. The summed E-state index contributed by atoms with van der Waals surface area (Å²) in [6, 6.07) is 3.34. The van der Waals surface area contributed by atoms with Crippen molar-refractivity contribution >= 4 is 16.8 Å². The maximum absolute atomic E-state index is 14.2. The van der Waals surface area contributed by atoms with Gasteiger partial charge >= 0.3 is 0 Å². The number of hydrogen-bond acceptors (Lipinski definition) is 2. The topological polar surface area (TPSA) is 56.3 Å². The number of rotatable bonds is 1. The van der Waals surface area contributed by atoms with Gasteiger partial charge in [-0.05, 0) is 6.07 Å². The van der Waals surface area contributed by atoms with E-state index in [1.165, 1.54) is 0 Å². The van der Waals surface area contributed by atoms with Gasteiger partial charge in [0.25, 0.3) is 0 Å². The van der Waals surface area contributed by atoms with Gasteiger partial charge in [-0.1, -0.05) is 12.0 Å². The molecule has 1 aliphatic heterocycles. The highest BCUT2D eigenvalue weighted by molar-refractivity contribution is 5.87. The van der Waals surface area contributed by atoms with Crippen molar-refractivity contribution in [3.05, 3.63) is 34.8 Å². The van der Waals surface area contributed by atoms with Gasteiger partial charge in [0.1, 0.15) is 6.61 Å². The van der Waals surface area contributed by atoms with Crippen molar-refractivity contribution in [3.8, 4) is 12.3 Å². The molecule has 0 spiro atoms. The van der Waals surface area contributed by atoms with Crippen LogP contribution in [0.3, 0.4) is 0 Å². The van der Waals surface area contributed by atoms with Gasteiger partial charge in [-0.2, -0.15) is 0 Å². The van der Waals surface area contributed by atoms with Gasteiger partial charge in [-0.25, -0.2) is 4.39 Å². The van der Waals surface area contributed by atoms with Crippen LogP contribution >= 0.6 is 0 Å². The van der Waals surface area contributed by atoms with E-state index in [0.29, 0.717) is 25.0 Å². The molecule has 2 aromatic rings. The second-order valence-electron chi connectivity index (χ2n) is 4.80. The van der Waals surface area contributed by atoms with E-state index in [4.69, 9.17) is 11.5 Å². The molecule has 0 saturated carbocycles. The molecule has 4 nitrogen and oxygen atoms in total. The molecule has 0 radical (unpaired) electrons. The van der Waals surface area contributed by atoms with Crippen LogP contribution in [0.25, 0.3) is 10.9 Å².